The van der Waals surface area contributed by atoms with E-state index in [4.69, 9.17) is 0 Å². The van der Waals surface area contributed by atoms with Gasteiger partial charge in [0.15, 0.2) is 0 Å². The molecule has 0 saturated carbocycles. The lowest BCUT2D eigenvalue weighted by atomic mass is 10.1. The van der Waals surface area contributed by atoms with Crippen molar-refractivity contribution in [3.8, 4) is 0 Å². The van der Waals surface area contributed by atoms with E-state index in [1.165, 1.54) is 14.2 Å². The molecule has 0 radical (unpaired) electrons. The second-order valence-electron chi connectivity index (χ2n) is 3.51. The molecule has 0 saturated heterocycles. The number of hydrogen-bond donors (Lipinski definition) is 1. The Hall–Kier alpha value is -1.43. The Balaban J connectivity index is 4.28. The van der Waals surface area contributed by atoms with Crippen LogP contribution in [0.25, 0.3) is 0 Å². The number of carbonyl (C=O) groups is 3. The normalized spacial score (nSPS) is 11.7. The van der Waals surface area contributed by atoms with Gasteiger partial charge in [-0.15, -0.1) is 0 Å². The van der Waals surface area contributed by atoms with Crippen molar-refractivity contribution in [3.05, 3.63) is 0 Å². The van der Waals surface area contributed by atoms with Crippen LogP contribution in [0, 0.1) is 0 Å². The number of nitrogens with one attached hydrogen (secondary N) is 1. The average molecular weight is 245 g/mol. The van der Waals surface area contributed by atoms with Crippen molar-refractivity contribution >= 4 is 17.7 Å². The minimum atomic E-state index is -0.793. The lowest BCUT2D eigenvalue weighted by molar-refractivity contribution is -0.145. The van der Waals surface area contributed by atoms with Crippen LogP contribution in [-0.2, 0) is 23.9 Å². The molecule has 0 aromatic heterocycles. The summed E-state index contributed by atoms with van der Waals surface area (Å²) in [6, 6.07) is -0.793. The predicted octanol–water partition coefficient (Wildman–Crippen LogP) is 0.0499. The van der Waals surface area contributed by atoms with E-state index < -0.39 is 17.9 Å². The van der Waals surface area contributed by atoms with Crippen molar-refractivity contribution in [2.75, 3.05) is 20.8 Å². The smallest absolute Gasteiger partial charge is 0.328 e. The van der Waals surface area contributed by atoms with Crippen LogP contribution in [0.4, 0.5) is 0 Å². The lowest BCUT2D eigenvalue weighted by Gasteiger charge is -2.15. The van der Waals surface area contributed by atoms with Crippen molar-refractivity contribution < 1.29 is 23.9 Å². The van der Waals surface area contributed by atoms with Gasteiger partial charge in [0.2, 0.25) is 5.91 Å². The quantitative estimate of drug-likeness (QED) is 0.611. The predicted molar refractivity (Wildman–Crippen MR) is 60.4 cm³/mol. The van der Waals surface area contributed by atoms with Gasteiger partial charge in [0.1, 0.15) is 18.4 Å². The second-order valence-corrected chi connectivity index (χ2v) is 3.51. The average Bonchev–Trinajstić information content (AvgIpc) is 2.33. The van der Waals surface area contributed by atoms with Crippen LogP contribution in [0.15, 0.2) is 0 Å². The van der Waals surface area contributed by atoms with E-state index in [0.29, 0.717) is 6.42 Å². The first kappa shape index (κ1) is 15.6. The van der Waals surface area contributed by atoms with Crippen molar-refractivity contribution in [1.82, 2.24) is 5.32 Å². The zero-order valence-electron chi connectivity index (χ0n) is 10.4. The fourth-order valence-corrected chi connectivity index (χ4v) is 1.24. The number of esters is 1. The molecule has 17 heavy (non-hydrogen) atoms. The van der Waals surface area contributed by atoms with E-state index in [1.807, 2.05) is 0 Å². The Morgan fingerprint density at radius 1 is 1.24 bits per heavy atom. The summed E-state index contributed by atoms with van der Waals surface area (Å²) in [4.78, 5) is 33.8. The van der Waals surface area contributed by atoms with Crippen LogP contribution in [0.2, 0.25) is 0 Å². The standard InChI is InChI=1S/C11H19NO5/c1-4-8(13)5-6-9(11(15)17-3)12-10(14)7-16-2/h9H,4-7H2,1-3H3,(H,12,14)/t9-/m0/s1. The Bertz CT molecular complexity index is 277. The number of methoxy groups -OCH3 is 2. The van der Waals surface area contributed by atoms with Crippen LogP contribution in [0.1, 0.15) is 26.2 Å². The lowest BCUT2D eigenvalue weighted by Crippen LogP contribution is -2.43. The first-order valence-corrected chi connectivity index (χ1v) is 5.43. The largest absolute Gasteiger partial charge is 0.467 e. The van der Waals surface area contributed by atoms with Crippen LogP contribution in [0.3, 0.4) is 0 Å². The van der Waals surface area contributed by atoms with Gasteiger partial charge in [-0.1, -0.05) is 6.92 Å². The summed E-state index contributed by atoms with van der Waals surface area (Å²) in [5.74, 6) is -0.926. The van der Waals surface area contributed by atoms with Gasteiger partial charge in [-0.25, -0.2) is 4.79 Å². The highest BCUT2D eigenvalue weighted by Crippen LogP contribution is 2.02. The number of rotatable bonds is 8. The maximum absolute atomic E-state index is 11.4. The highest BCUT2D eigenvalue weighted by Gasteiger charge is 2.21. The van der Waals surface area contributed by atoms with E-state index in [1.54, 1.807) is 6.92 Å². The SMILES string of the molecule is CCC(=O)CC[C@H](NC(=O)COC)C(=O)OC. The van der Waals surface area contributed by atoms with Crippen molar-refractivity contribution in [2.45, 2.75) is 32.2 Å². The first-order chi connectivity index (χ1) is 8.04. The van der Waals surface area contributed by atoms with E-state index in [2.05, 4.69) is 14.8 Å². The number of ketones is 1. The molecule has 1 atom stereocenters. The minimum Gasteiger partial charge on any atom is -0.467 e. The van der Waals surface area contributed by atoms with Gasteiger partial charge in [0.05, 0.1) is 7.11 Å². The highest BCUT2D eigenvalue weighted by atomic mass is 16.5. The van der Waals surface area contributed by atoms with Crippen molar-refractivity contribution in [3.63, 3.8) is 0 Å². The maximum Gasteiger partial charge on any atom is 0.328 e. The van der Waals surface area contributed by atoms with E-state index in [9.17, 15) is 14.4 Å². The maximum atomic E-state index is 11.4. The van der Waals surface area contributed by atoms with Gasteiger partial charge in [-0.3, -0.25) is 9.59 Å². The van der Waals surface area contributed by atoms with E-state index >= 15 is 0 Å². The molecule has 0 aliphatic heterocycles. The molecular weight excluding hydrogens is 226 g/mol. The molecule has 0 aliphatic carbocycles. The van der Waals surface area contributed by atoms with Gasteiger partial charge in [-0.2, -0.15) is 0 Å². The topological polar surface area (TPSA) is 81.7 Å². The van der Waals surface area contributed by atoms with E-state index in [0.717, 1.165) is 0 Å². The Kier molecular flexibility index (Phi) is 7.96. The number of ether oxygens (including phenoxy) is 2. The van der Waals surface area contributed by atoms with Gasteiger partial charge >= 0.3 is 5.97 Å². The Morgan fingerprint density at radius 3 is 2.35 bits per heavy atom. The Morgan fingerprint density at radius 2 is 1.88 bits per heavy atom. The summed E-state index contributed by atoms with van der Waals surface area (Å²) in [5, 5.41) is 2.46. The third kappa shape index (κ3) is 6.68. The van der Waals surface area contributed by atoms with Gasteiger partial charge in [0.25, 0.3) is 0 Å². The minimum absolute atomic E-state index is 0.0416. The monoisotopic (exact) mass is 245 g/mol. The summed E-state index contributed by atoms with van der Waals surface area (Å²) in [7, 11) is 2.62. The molecule has 0 unspecified atom stereocenters. The molecule has 0 aromatic rings. The third-order valence-electron chi connectivity index (χ3n) is 2.20. The molecule has 1 amide bonds. The molecule has 0 bridgehead atoms. The van der Waals surface area contributed by atoms with Crippen LogP contribution < -0.4 is 5.32 Å². The Labute approximate surface area is 101 Å². The fraction of sp³-hybridized carbons (Fsp3) is 0.727. The van der Waals surface area contributed by atoms with Gasteiger partial charge in [0, 0.05) is 20.0 Å². The van der Waals surface area contributed by atoms with Gasteiger partial charge < -0.3 is 14.8 Å². The summed E-state index contributed by atoms with van der Waals surface area (Å²) in [6.07, 6.45) is 0.901. The molecule has 0 heterocycles. The molecule has 0 aliphatic rings. The molecular formula is C11H19NO5. The zero-order valence-corrected chi connectivity index (χ0v) is 10.4. The summed E-state index contributed by atoms with van der Waals surface area (Å²) in [6.45, 7) is 1.62. The first-order valence-electron chi connectivity index (χ1n) is 5.43. The van der Waals surface area contributed by atoms with Crippen molar-refractivity contribution in [1.29, 1.82) is 0 Å². The molecule has 0 fully saturated rings. The van der Waals surface area contributed by atoms with Crippen molar-refractivity contribution in [2.24, 2.45) is 0 Å². The third-order valence-corrected chi connectivity index (χ3v) is 2.20. The van der Waals surface area contributed by atoms with Crippen LogP contribution in [0.5, 0.6) is 0 Å². The number of hydrogen-bond acceptors (Lipinski definition) is 5. The summed E-state index contributed by atoms with van der Waals surface area (Å²) >= 11 is 0. The number of amides is 1. The summed E-state index contributed by atoms with van der Waals surface area (Å²) < 4.78 is 9.19. The van der Waals surface area contributed by atoms with Crippen LogP contribution in [-0.4, -0.2) is 44.5 Å². The van der Waals surface area contributed by atoms with Crippen LogP contribution >= 0.6 is 0 Å². The molecule has 0 spiro atoms. The number of Topliss-reactive ketones (excluding diaryl/α,β-unsaturated/α-hetero) is 1. The summed E-state index contributed by atoms with van der Waals surface area (Å²) in [5.41, 5.74) is 0. The molecule has 0 rings (SSSR count). The zero-order chi connectivity index (χ0) is 13.3. The molecule has 98 valence electrons. The molecule has 1 N–H and O–H groups in total. The number of carbonyl (C=O) groups excluding carboxylic acids is 3. The van der Waals surface area contributed by atoms with E-state index in [-0.39, 0.29) is 25.2 Å². The fourth-order valence-electron chi connectivity index (χ4n) is 1.24. The second kappa shape index (κ2) is 8.69. The van der Waals surface area contributed by atoms with Gasteiger partial charge in [-0.05, 0) is 6.42 Å². The highest BCUT2D eigenvalue weighted by molar-refractivity contribution is 5.86. The molecule has 0 aromatic carbocycles. The molecule has 6 heteroatoms. The molecule has 6 nitrogen and oxygen atoms in total.